The summed E-state index contributed by atoms with van der Waals surface area (Å²) in [5.74, 6) is -0.583. The Balaban J connectivity index is 1.70. The number of anilines is 2. The number of nitrogens with zero attached hydrogens (tertiary/aromatic N) is 3. The molecule has 0 aliphatic carbocycles. The lowest BCUT2D eigenvalue weighted by molar-refractivity contribution is 0.0996. The molecule has 2 aromatic heterocycles. The van der Waals surface area contributed by atoms with Crippen molar-refractivity contribution in [2.45, 2.75) is 5.75 Å². The van der Waals surface area contributed by atoms with Gasteiger partial charge in [-0.15, -0.1) is 0 Å². The van der Waals surface area contributed by atoms with Crippen molar-refractivity contribution in [3.8, 4) is 11.1 Å². The number of fused-ring (bicyclic) bond motifs is 1. The first-order valence-corrected chi connectivity index (χ1v) is 12.2. The summed E-state index contributed by atoms with van der Waals surface area (Å²) in [7, 11) is -2.03. The molecule has 2 heterocycles. The second-order valence-corrected chi connectivity index (χ2v) is 9.90. The number of sulfonamides is 1. The molecule has 4 rings (SSSR count). The summed E-state index contributed by atoms with van der Waals surface area (Å²) in [6.07, 6.45) is 1.60. The highest BCUT2D eigenvalue weighted by molar-refractivity contribution is 9.10. The van der Waals surface area contributed by atoms with Gasteiger partial charge in [-0.2, -0.15) is 4.98 Å². The first kappa shape index (κ1) is 22.8. The molecule has 0 spiro atoms. The number of hydrogen-bond donors (Lipinski definition) is 3. The summed E-state index contributed by atoms with van der Waals surface area (Å²) >= 11 is 3.49. The number of halogens is 1. The summed E-state index contributed by atoms with van der Waals surface area (Å²) in [5.41, 5.74) is 8.55. The van der Waals surface area contributed by atoms with Crippen LogP contribution in [-0.4, -0.2) is 36.3 Å². The number of carbonyl (C=O) groups excluding carboxylic acids is 1. The Labute approximate surface area is 198 Å². The Morgan fingerprint density at radius 2 is 1.85 bits per heavy atom. The summed E-state index contributed by atoms with van der Waals surface area (Å²) < 4.78 is 26.7. The molecule has 0 aliphatic heterocycles. The van der Waals surface area contributed by atoms with Crippen LogP contribution >= 0.6 is 15.9 Å². The molecule has 0 atom stereocenters. The predicted molar refractivity (Wildman–Crippen MR) is 130 cm³/mol. The molecular formula is C22H19BrN6O3S. The van der Waals surface area contributed by atoms with E-state index in [-0.39, 0.29) is 17.4 Å². The van der Waals surface area contributed by atoms with E-state index >= 15 is 0 Å². The molecule has 0 saturated heterocycles. The van der Waals surface area contributed by atoms with Crippen LogP contribution in [0.25, 0.3) is 22.2 Å². The van der Waals surface area contributed by atoms with E-state index in [9.17, 15) is 13.2 Å². The van der Waals surface area contributed by atoms with Crippen molar-refractivity contribution in [3.63, 3.8) is 0 Å². The molecule has 0 radical (unpaired) electrons. The average molecular weight is 527 g/mol. The van der Waals surface area contributed by atoms with Gasteiger partial charge in [-0.1, -0.05) is 46.3 Å². The van der Waals surface area contributed by atoms with Crippen LogP contribution < -0.4 is 15.8 Å². The van der Waals surface area contributed by atoms with Crippen LogP contribution in [0, 0.1) is 0 Å². The minimum Gasteiger partial charge on any atom is -0.364 e. The molecule has 0 aliphatic rings. The van der Waals surface area contributed by atoms with Crippen molar-refractivity contribution in [3.05, 3.63) is 76.5 Å². The second-order valence-electron chi connectivity index (χ2n) is 7.12. The van der Waals surface area contributed by atoms with Gasteiger partial charge in [0.05, 0.1) is 5.75 Å². The van der Waals surface area contributed by atoms with Crippen LogP contribution in [0.5, 0.6) is 0 Å². The fraction of sp³-hybridized carbons (Fsp3) is 0.0909. The van der Waals surface area contributed by atoms with Crippen LogP contribution in [0.2, 0.25) is 0 Å². The van der Waals surface area contributed by atoms with Gasteiger partial charge in [-0.05, 0) is 42.4 Å². The Kier molecular flexibility index (Phi) is 6.36. The van der Waals surface area contributed by atoms with Gasteiger partial charge in [-0.25, -0.2) is 23.1 Å². The highest BCUT2D eigenvalue weighted by Gasteiger charge is 2.17. The minimum absolute atomic E-state index is 0.0957. The Morgan fingerprint density at radius 3 is 2.58 bits per heavy atom. The molecule has 4 aromatic rings. The number of primary amides is 1. The molecule has 0 unspecified atom stereocenters. The van der Waals surface area contributed by atoms with Gasteiger partial charge in [0.15, 0.2) is 5.65 Å². The number of pyridine rings is 1. The van der Waals surface area contributed by atoms with Gasteiger partial charge in [-0.3, -0.25) is 4.79 Å². The molecule has 4 N–H and O–H groups in total. The lowest BCUT2D eigenvalue weighted by atomic mass is 10.0. The number of benzene rings is 2. The van der Waals surface area contributed by atoms with Gasteiger partial charge in [0.2, 0.25) is 16.0 Å². The Morgan fingerprint density at radius 1 is 1.06 bits per heavy atom. The van der Waals surface area contributed by atoms with E-state index in [4.69, 9.17) is 5.73 Å². The van der Waals surface area contributed by atoms with Gasteiger partial charge < -0.3 is 11.1 Å². The van der Waals surface area contributed by atoms with E-state index in [0.717, 1.165) is 10.0 Å². The van der Waals surface area contributed by atoms with Gasteiger partial charge >= 0.3 is 0 Å². The van der Waals surface area contributed by atoms with Gasteiger partial charge in [0, 0.05) is 27.3 Å². The van der Waals surface area contributed by atoms with Gasteiger partial charge in [0.1, 0.15) is 5.69 Å². The van der Waals surface area contributed by atoms with Crippen molar-refractivity contribution in [1.29, 1.82) is 0 Å². The van der Waals surface area contributed by atoms with Crippen molar-refractivity contribution < 1.29 is 13.2 Å². The quantitative estimate of drug-likeness (QED) is 0.335. The van der Waals surface area contributed by atoms with Crippen LogP contribution in [0.15, 0.2) is 65.3 Å². The van der Waals surface area contributed by atoms with Crippen LogP contribution in [-0.2, 0) is 15.8 Å². The third-order valence-electron chi connectivity index (χ3n) is 4.82. The first-order valence-electron chi connectivity index (χ1n) is 9.75. The average Bonchev–Trinajstić information content (AvgIpc) is 2.78. The standard InChI is InChI=1S/C22H19BrN6O3S/c1-25-33(31,32)12-13-5-4-6-15(9-13)27-22-26-11-14-10-17(16-7-2-3-8-18(16)23)19(20(24)30)28-21(14)29-22/h2-11,25H,12H2,1H3,(H2,24,30)(H,26,27,28,29). The summed E-state index contributed by atoms with van der Waals surface area (Å²) in [6, 6.07) is 16.1. The van der Waals surface area contributed by atoms with Crippen molar-refractivity contribution in [1.82, 2.24) is 19.7 Å². The molecule has 168 valence electrons. The maximum absolute atomic E-state index is 12.1. The van der Waals surface area contributed by atoms with Crippen molar-refractivity contribution in [2.24, 2.45) is 5.73 Å². The maximum atomic E-state index is 12.1. The Bertz CT molecular complexity index is 1480. The van der Waals surface area contributed by atoms with E-state index in [2.05, 4.69) is 40.9 Å². The third-order valence-corrected chi connectivity index (χ3v) is 6.84. The fourth-order valence-electron chi connectivity index (χ4n) is 3.26. The highest BCUT2D eigenvalue weighted by Crippen LogP contribution is 2.32. The number of nitrogens with one attached hydrogen (secondary N) is 2. The smallest absolute Gasteiger partial charge is 0.268 e. The summed E-state index contributed by atoms with van der Waals surface area (Å²) in [4.78, 5) is 25.3. The SMILES string of the molecule is CNS(=O)(=O)Cc1cccc(Nc2ncc3cc(-c4ccccc4Br)c(C(N)=O)nc3n2)c1. The van der Waals surface area contributed by atoms with E-state index in [1.165, 1.54) is 7.05 Å². The van der Waals surface area contributed by atoms with E-state index in [0.29, 0.717) is 27.8 Å². The molecule has 9 nitrogen and oxygen atoms in total. The lowest BCUT2D eigenvalue weighted by Crippen LogP contribution is -2.20. The number of amides is 1. The number of carbonyl (C=O) groups is 1. The largest absolute Gasteiger partial charge is 0.364 e. The van der Waals surface area contributed by atoms with Crippen molar-refractivity contribution >= 4 is 54.5 Å². The van der Waals surface area contributed by atoms with Crippen molar-refractivity contribution in [2.75, 3.05) is 12.4 Å². The number of nitrogens with two attached hydrogens (primary N) is 1. The molecule has 1 amide bonds. The maximum Gasteiger partial charge on any atom is 0.268 e. The molecule has 33 heavy (non-hydrogen) atoms. The minimum atomic E-state index is -3.40. The lowest BCUT2D eigenvalue weighted by Gasteiger charge is -2.11. The summed E-state index contributed by atoms with van der Waals surface area (Å²) in [6.45, 7) is 0. The number of hydrogen-bond acceptors (Lipinski definition) is 7. The summed E-state index contributed by atoms with van der Waals surface area (Å²) in [5, 5.41) is 3.67. The van der Waals surface area contributed by atoms with E-state index in [1.54, 1.807) is 36.5 Å². The fourth-order valence-corrected chi connectivity index (χ4v) is 4.52. The normalized spacial score (nSPS) is 11.5. The monoisotopic (exact) mass is 526 g/mol. The highest BCUT2D eigenvalue weighted by atomic mass is 79.9. The molecule has 0 saturated carbocycles. The zero-order chi connectivity index (χ0) is 23.6. The molecule has 2 aromatic carbocycles. The molecule has 0 bridgehead atoms. The topological polar surface area (TPSA) is 140 Å². The van der Waals surface area contributed by atoms with Crippen LogP contribution in [0.4, 0.5) is 11.6 Å². The molecule has 0 fully saturated rings. The first-order chi connectivity index (χ1) is 15.8. The number of aromatic nitrogens is 3. The number of rotatable bonds is 7. The third kappa shape index (κ3) is 5.16. The molecule has 11 heteroatoms. The zero-order valence-electron chi connectivity index (χ0n) is 17.4. The molecular weight excluding hydrogens is 508 g/mol. The Hall–Kier alpha value is -3.41. The van der Waals surface area contributed by atoms with Gasteiger partial charge in [0.25, 0.3) is 5.91 Å². The van der Waals surface area contributed by atoms with E-state index < -0.39 is 15.9 Å². The van der Waals surface area contributed by atoms with E-state index in [1.807, 2.05) is 24.3 Å². The second kappa shape index (κ2) is 9.22. The predicted octanol–water partition coefficient (Wildman–Crippen LogP) is 3.35. The zero-order valence-corrected chi connectivity index (χ0v) is 19.8. The van der Waals surface area contributed by atoms with Crippen LogP contribution in [0.1, 0.15) is 16.1 Å². The van der Waals surface area contributed by atoms with Crippen LogP contribution in [0.3, 0.4) is 0 Å².